The molecule has 94 valence electrons. The molecule has 2 atom stereocenters. The minimum absolute atomic E-state index is 0.0708. The number of hydrogen-bond donors (Lipinski definition) is 2. The van der Waals surface area contributed by atoms with E-state index in [1.807, 2.05) is 0 Å². The van der Waals surface area contributed by atoms with Gasteiger partial charge in [0.15, 0.2) is 0 Å². The molecular weight excluding hydrogens is 331 g/mol. The molecule has 5 nitrogen and oxygen atoms in total. The largest absolute Gasteiger partial charge is 0.355 e. The van der Waals surface area contributed by atoms with Crippen molar-refractivity contribution in [3.63, 3.8) is 0 Å². The van der Waals surface area contributed by atoms with Gasteiger partial charge in [0.05, 0.1) is 6.33 Å². The van der Waals surface area contributed by atoms with Gasteiger partial charge in [-0.15, -0.1) is 0 Å². The van der Waals surface area contributed by atoms with Gasteiger partial charge in [0.25, 0.3) is 5.56 Å². The highest BCUT2D eigenvalue weighted by atomic mass is 127. The number of aromatic amines is 1. The first kappa shape index (κ1) is 12.8. The number of nitrogens with two attached hydrogens (primary N) is 1. The third-order valence-corrected chi connectivity index (χ3v) is 4.47. The Morgan fingerprint density at radius 3 is 3.18 bits per heavy atom. The van der Waals surface area contributed by atoms with Crippen LogP contribution in [0.2, 0.25) is 0 Å². The molecule has 1 aliphatic heterocycles. The van der Waals surface area contributed by atoms with Gasteiger partial charge in [-0.3, -0.25) is 4.79 Å². The van der Waals surface area contributed by atoms with Gasteiger partial charge in [0.1, 0.15) is 9.39 Å². The van der Waals surface area contributed by atoms with E-state index in [0.29, 0.717) is 22.0 Å². The third kappa shape index (κ3) is 2.62. The van der Waals surface area contributed by atoms with E-state index in [1.54, 1.807) is 0 Å². The summed E-state index contributed by atoms with van der Waals surface area (Å²) in [6, 6.07) is 0. The predicted octanol–water partition coefficient (Wildman–Crippen LogP) is 0.796. The third-order valence-electron chi connectivity index (χ3n) is 3.49. The molecule has 0 bridgehead atoms. The molecule has 0 amide bonds. The summed E-state index contributed by atoms with van der Waals surface area (Å²) in [5.41, 5.74) is 5.71. The molecule has 0 aliphatic carbocycles. The summed E-state index contributed by atoms with van der Waals surface area (Å²) in [6.45, 7) is 4.77. The fraction of sp³-hybridized carbons (Fsp3) is 0.636. The zero-order valence-corrected chi connectivity index (χ0v) is 12.0. The molecule has 2 heterocycles. The van der Waals surface area contributed by atoms with Gasteiger partial charge in [0.2, 0.25) is 0 Å². The average Bonchev–Trinajstić information content (AvgIpc) is 2.34. The number of hydrogen-bond acceptors (Lipinski definition) is 4. The Hall–Kier alpha value is -0.630. The molecular formula is C11H17IN4O. The Morgan fingerprint density at radius 1 is 1.71 bits per heavy atom. The van der Waals surface area contributed by atoms with Crippen LogP contribution in [0.3, 0.4) is 0 Å². The lowest BCUT2D eigenvalue weighted by Crippen LogP contribution is -2.43. The van der Waals surface area contributed by atoms with Crippen LogP contribution >= 0.6 is 22.6 Å². The molecule has 6 heteroatoms. The number of rotatable bonds is 2. The fourth-order valence-electron chi connectivity index (χ4n) is 2.24. The smallest absolute Gasteiger partial charge is 0.266 e. The summed E-state index contributed by atoms with van der Waals surface area (Å²) in [5.74, 6) is 1.93. The number of halogens is 1. The first-order valence-electron chi connectivity index (χ1n) is 5.81. The van der Waals surface area contributed by atoms with Crippen molar-refractivity contribution in [3.8, 4) is 0 Å². The van der Waals surface area contributed by atoms with Crippen molar-refractivity contribution < 1.29 is 0 Å². The maximum Gasteiger partial charge on any atom is 0.266 e. The highest BCUT2D eigenvalue weighted by molar-refractivity contribution is 14.1. The van der Waals surface area contributed by atoms with Gasteiger partial charge >= 0.3 is 0 Å². The lowest BCUT2D eigenvalue weighted by molar-refractivity contribution is 0.306. The quantitative estimate of drug-likeness (QED) is 0.776. The first-order chi connectivity index (χ1) is 8.13. The zero-order valence-electron chi connectivity index (χ0n) is 9.82. The predicted molar refractivity (Wildman–Crippen MR) is 76.1 cm³/mol. The van der Waals surface area contributed by atoms with Crippen molar-refractivity contribution in [2.75, 3.05) is 24.5 Å². The summed E-state index contributed by atoms with van der Waals surface area (Å²) in [7, 11) is 0. The van der Waals surface area contributed by atoms with Crippen molar-refractivity contribution in [2.24, 2.45) is 17.6 Å². The highest BCUT2D eigenvalue weighted by Crippen LogP contribution is 2.26. The Labute approximate surface area is 114 Å². The van der Waals surface area contributed by atoms with Crippen LogP contribution in [0.5, 0.6) is 0 Å². The Kier molecular flexibility index (Phi) is 4.03. The molecule has 0 aromatic carbocycles. The molecule has 2 rings (SSSR count). The van der Waals surface area contributed by atoms with Crippen molar-refractivity contribution in [2.45, 2.75) is 13.3 Å². The molecule has 1 aromatic heterocycles. The molecule has 1 aliphatic rings. The number of nitrogens with one attached hydrogen (secondary N) is 1. The van der Waals surface area contributed by atoms with Crippen LogP contribution in [-0.2, 0) is 0 Å². The van der Waals surface area contributed by atoms with E-state index in [4.69, 9.17) is 5.73 Å². The molecule has 1 aromatic rings. The second-order valence-electron chi connectivity index (χ2n) is 4.58. The molecule has 0 saturated carbocycles. The lowest BCUT2D eigenvalue weighted by Gasteiger charge is -2.37. The van der Waals surface area contributed by atoms with Crippen LogP contribution in [0.25, 0.3) is 0 Å². The van der Waals surface area contributed by atoms with Crippen LogP contribution in [0, 0.1) is 15.4 Å². The Bertz CT molecular complexity index is 447. The Morgan fingerprint density at radius 2 is 2.47 bits per heavy atom. The van der Waals surface area contributed by atoms with Crippen molar-refractivity contribution in [3.05, 3.63) is 20.3 Å². The fourth-order valence-corrected chi connectivity index (χ4v) is 2.88. The van der Waals surface area contributed by atoms with Gasteiger partial charge in [-0.1, -0.05) is 6.92 Å². The van der Waals surface area contributed by atoms with Crippen LogP contribution in [-0.4, -0.2) is 29.6 Å². The van der Waals surface area contributed by atoms with E-state index in [1.165, 1.54) is 6.33 Å². The second kappa shape index (κ2) is 5.34. The van der Waals surface area contributed by atoms with E-state index >= 15 is 0 Å². The number of piperidine rings is 1. The minimum atomic E-state index is -0.0708. The molecule has 0 radical (unpaired) electrons. The minimum Gasteiger partial charge on any atom is -0.355 e. The standard InChI is InChI=1S/C11H17IN4O/c1-7-2-3-16(5-8(7)4-13)10-9(12)11(17)15-6-14-10/h6-8H,2-5,13H2,1H3,(H,14,15,17). The number of nitrogens with zero attached hydrogens (tertiary/aromatic N) is 2. The Balaban J connectivity index is 2.23. The first-order valence-corrected chi connectivity index (χ1v) is 6.89. The maximum absolute atomic E-state index is 11.5. The number of anilines is 1. The van der Waals surface area contributed by atoms with Gasteiger partial charge in [-0.05, 0) is 47.4 Å². The molecule has 3 N–H and O–H groups in total. The summed E-state index contributed by atoms with van der Waals surface area (Å²) >= 11 is 2.05. The molecule has 2 unspecified atom stereocenters. The van der Waals surface area contributed by atoms with Crippen LogP contribution in [0.1, 0.15) is 13.3 Å². The molecule has 1 fully saturated rings. The van der Waals surface area contributed by atoms with Crippen LogP contribution in [0.15, 0.2) is 11.1 Å². The SMILES string of the molecule is CC1CCN(c2nc[nH]c(=O)c2I)CC1CN. The van der Waals surface area contributed by atoms with Gasteiger partial charge in [-0.2, -0.15) is 0 Å². The topological polar surface area (TPSA) is 75.0 Å². The van der Waals surface area contributed by atoms with E-state index in [0.717, 1.165) is 25.3 Å². The van der Waals surface area contributed by atoms with Crippen molar-refractivity contribution >= 4 is 28.4 Å². The summed E-state index contributed by atoms with van der Waals surface area (Å²) in [5, 5.41) is 0. The van der Waals surface area contributed by atoms with E-state index in [2.05, 4.69) is 44.4 Å². The van der Waals surface area contributed by atoms with Gasteiger partial charge < -0.3 is 15.6 Å². The molecule has 17 heavy (non-hydrogen) atoms. The van der Waals surface area contributed by atoms with E-state index in [-0.39, 0.29) is 5.56 Å². The number of aromatic nitrogens is 2. The van der Waals surface area contributed by atoms with Gasteiger partial charge in [0, 0.05) is 13.1 Å². The molecule has 1 saturated heterocycles. The number of H-pyrrole nitrogens is 1. The second-order valence-corrected chi connectivity index (χ2v) is 5.66. The van der Waals surface area contributed by atoms with E-state index < -0.39 is 0 Å². The highest BCUT2D eigenvalue weighted by Gasteiger charge is 2.27. The maximum atomic E-state index is 11.5. The van der Waals surface area contributed by atoms with Crippen molar-refractivity contribution in [1.29, 1.82) is 0 Å². The van der Waals surface area contributed by atoms with Crippen LogP contribution < -0.4 is 16.2 Å². The lowest BCUT2D eigenvalue weighted by atomic mass is 9.87. The summed E-state index contributed by atoms with van der Waals surface area (Å²) in [6.07, 6.45) is 2.57. The normalized spacial score (nSPS) is 25.0. The zero-order chi connectivity index (χ0) is 12.4. The monoisotopic (exact) mass is 348 g/mol. The van der Waals surface area contributed by atoms with E-state index in [9.17, 15) is 4.79 Å². The summed E-state index contributed by atoms with van der Waals surface area (Å²) < 4.78 is 0.662. The summed E-state index contributed by atoms with van der Waals surface area (Å²) in [4.78, 5) is 20.6. The average molecular weight is 348 g/mol. The van der Waals surface area contributed by atoms with Gasteiger partial charge in [-0.25, -0.2) is 4.98 Å². The molecule has 0 spiro atoms. The van der Waals surface area contributed by atoms with Crippen LogP contribution in [0.4, 0.5) is 5.82 Å². The van der Waals surface area contributed by atoms with Crippen molar-refractivity contribution in [1.82, 2.24) is 9.97 Å².